The Morgan fingerprint density at radius 3 is 2.56 bits per heavy atom. The molecule has 1 aromatic rings. The first-order valence-corrected chi connectivity index (χ1v) is 5.69. The minimum Gasteiger partial charge on any atom is -0.329 e. The minimum absolute atomic E-state index is 0.181. The summed E-state index contributed by atoms with van der Waals surface area (Å²) in [6.45, 7) is 5.67. The highest BCUT2D eigenvalue weighted by Gasteiger charge is 2.16. The summed E-state index contributed by atoms with van der Waals surface area (Å²) in [6.07, 6.45) is 0. The van der Waals surface area contributed by atoms with E-state index in [1.165, 1.54) is 6.07 Å². The number of nitrogens with zero attached hydrogens (tertiary/aromatic N) is 1. The lowest BCUT2D eigenvalue weighted by Gasteiger charge is -2.30. The van der Waals surface area contributed by atoms with Crippen molar-refractivity contribution in [3.05, 3.63) is 35.6 Å². The van der Waals surface area contributed by atoms with E-state index >= 15 is 0 Å². The average molecular weight is 224 g/mol. The summed E-state index contributed by atoms with van der Waals surface area (Å²) in [5.74, 6) is 0.323. The Morgan fingerprint density at radius 1 is 1.38 bits per heavy atom. The molecule has 2 nitrogen and oxygen atoms in total. The van der Waals surface area contributed by atoms with Crippen molar-refractivity contribution < 1.29 is 4.39 Å². The molecule has 0 fully saturated rings. The maximum atomic E-state index is 13.0. The van der Waals surface area contributed by atoms with Gasteiger partial charge in [0.2, 0.25) is 0 Å². The van der Waals surface area contributed by atoms with Gasteiger partial charge in [-0.05, 0) is 30.7 Å². The number of rotatable bonds is 5. The second-order valence-corrected chi connectivity index (χ2v) is 4.59. The molecule has 0 aliphatic carbocycles. The van der Waals surface area contributed by atoms with Crippen LogP contribution in [-0.2, 0) is 6.54 Å². The molecule has 0 radical (unpaired) electrons. The van der Waals surface area contributed by atoms with Gasteiger partial charge in [0.05, 0.1) is 0 Å². The largest absolute Gasteiger partial charge is 0.329 e. The Labute approximate surface area is 97.3 Å². The number of hydrogen-bond donors (Lipinski definition) is 1. The van der Waals surface area contributed by atoms with Gasteiger partial charge >= 0.3 is 0 Å². The van der Waals surface area contributed by atoms with Gasteiger partial charge in [-0.1, -0.05) is 26.0 Å². The van der Waals surface area contributed by atoms with Gasteiger partial charge in [0.1, 0.15) is 5.82 Å². The lowest BCUT2D eigenvalue weighted by atomic mass is 10.0. The molecular formula is C13H21FN2. The van der Waals surface area contributed by atoms with Crippen molar-refractivity contribution in [2.24, 2.45) is 11.7 Å². The second kappa shape index (κ2) is 5.97. The van der Waals surface area contributed by atoms with E-state index in [9.17, 15) is 4.39 Å². The van der Waals surface area contributed by atoms with Gasteiger partial charge < -0.3 is 5.73 Å². The van der Waals surface area contributed by atoms with E-state index in [1.807, 2.05) is 13.1 Å². The molecule has 0 aliphatic heterocycles. The second-order valence-electron chi connectivity index (χ2n) is 4.59. The Kier molecular flexibility index (Phi) is 4.90. The highest BCUT2D eigenvalue weighted by Crippen LogP contribution is 2.12. The van der Waals surface area contributed by atoms with Crippen LogP contribution in [0.3, 0.4) is 0 Å². The maximum Gasteiger partial charge on any atom is 0.123 e. The van der Waals surface area contributed by atoms with E-state index < -0.39 is 0 Å². The number of likely N-dealkylation sites (N-methyl/N-ethyl adjacent to an activating group) is 1. The van der Waals surface area contributed by atoms with Crippen LogP contribution in [0.1, 0.15) is 19.4 Å². The molecule has 2 N–H and O–H groups in total. The quantitative estimate of drug-likeness (QED) is 0.831. The van der Waals surface area contributed by atoms with Gasteiger partial charge in [-0.15, -0.1) is 0 Å². The van der Waals surface area contributed by atoms with Gasteiger partial charge in [-0.25, -0.2) is 4.39 Å². The zero-order valence-corrected chi connectivity index (χ0v) is 10.3. The predicted molar refractivity (Wildman–Crippen MR) is 65.5 cm³/mol. The summed E-state index contributed by atoms with van der Waals surface area (Å²) in [5.41, 5.74) is 6.73. The summed E-state index contributed by atoms with van der Waals surface area (Å²) >= 11 is 0. The summed E-state index contributed by atoms with van der Waals surface area (Å²) in [6, 6.07) is 7.05. The first-order chi connectivity index (χ1) is 7.54. The third kappa shape index (κ3) is 3.58. The van der Waals surface area contributed by atoms with Crippen LogP contribution in [0.2, 0.25) is 0 Å². The molecule has 0 saturated carbocycles. The minimum atomic E-state index is -0.181. The highest BCUT2D eigenvalue weighted by atomic mass is 19.1. The molecule has 90 valence electrons. The molecule has 16 heavy (non-hydrogen) atoms. The molecule has 1 aromatic carbocycles. The van der Waals surface area contributed by atoms with Crippen LogP contribution in [0, 0.1) is 11.7 Å². The smallest absolute Gasteiger partial charge is 0.123 e. The topological polar surface area (TPSA) is 29.3 Å². The summed E-state index contributed by atoms with van der Waals surface area (Å²) < 4.78 is 13.0. The summed E-state index contributed by atoms with van der Waals surface area (Å²) in [4.78, 5) is 2.18. The predicted octanol–water partition coefficient (Wildman–Crippen LogP) is 2.24. The standard InChI is InChI=1S/C13H21FN2/c1-10(2)13(8-15)16(3)9-11-5-4-6-12(14)7-11/h4-7,10,13H,8-9,15H2,1-3H3. The molecule has 1 rings (SSSR count). The number of hydrogen-bond acceptors (Lipinski definition) is 2. The average Bonchev–Trinajstić information content (AvgIpc) is 2.17. The normalized spacial score (nSPS) is 13.4. The number of benzene rings is 1. The Balaban J connectivity index is 2.66. The van der Waals surface area contributed by atoms with Crippen LogP contribution in [0.25, 0.3) is 0 Å². The van der Waals surface area contributed by atoms with Crippen LogP contribution < -0.4 is 5.73 Å². The van der Waals surface area contributed by atoms with E-state index in [2.05, 4.69) is 18.7 Å². The van der Waals surface area contributed by atoms with E-state index in [-0.39, 0.29) is 5.82 Å². The van der Waals surface area contributed by atoms with Crippen molar-refractivity contribution in [2.75, 3.05) is 13.6 Å². The zero-order chi connectivity index (χ0) is 12.1. The van der Waals surface area contributed by atoms with E-state index in [1.54, 1.807) is 12.1 Å². The molecule has 0 aliphatic rings. The third-order valence-electron chi connectivity index (χ3n) is 2.90. The number of halogens is 1. The fourth-order valence-electron chi connectivity index (χ4n) is 2.00. The van der Waals surface area contributed by atoms with Crippen LogP contribution in [0.5, 0.6) is 0 Å². The van der Waals surface area contributed by atoms with Crippen molar-refractivity contribution in [3.63, 3.8) is 0 Å². The molecule has 0 spiro atoms. The van der Waals surface area contributed by atoms with E-state index in [0.717, 1.165) is 12.1 Å². The Hall–Kier alpha value is -0.930. The van der Waals surface area contributed by atoms with Crippen LogP contribution in [0.15, 0.2) is 24.3 Å². The Bertz CT molecular complexity index is 325. The van der Waals surface area contributed by atoms with E-state index in [4.69, 9.17) is 5.73 Å². The summed E-state index contributed by atoms with van der Waals surface area (Å²) in [5, 5.41) is 0. The molecule has 0 heterocycles. The number of nitrogens with two attached hydrogens (primary N) is 1. The highest BCUT2D eigenvalue weighted by molar-refractivity contribution is 5.16. The van der Waals surface area contributed by atoms with Crippen LogP contribution >= 0.6 is 0 Å². The van der Waals surface area contributed by atoms with Crippen molar-refractivity contribution in [3.8, 4) is 0 Å². The summed E-state index contributed by atoms with van der Waals surface area (Å²) in [7, 11) is 2.03. The zero-order valence-electron chi connectivity index (χ0n) is 10.3. The fraction of sp³-hybridized carbons (Fsp3) is 0.538. The van der Waals surface area contributed by atoms with E-state index in [0.29, 0.717) is 18.5 Å². The lowest BCUT2D eigenvalue weighted by Crippen LogP contribution is -2.41. The van der Waals surface area contributed by atoms with Gasteiger partial charge in [-0.2, -0.15) is 0 Å². The first kappa shape index (κ1) is 13.1. The van der Waals surface area contributed by atoms with Crippen molar-refractivity contribution in [1.29, 1.82) is 0 Å². The SMILES string of the molecule is CC(C)C(CN)N(C)Cc1cccc(F)c1. The molecule has 0 saturated heterocycles. The molecule has 0 amide bonds. The molecule has 0 aromatic heterocycles. The monoisotopic (exact) mass is 224 g/mol. The molecular weight excluding hydrogens is 203 g/mol. The molecule has 1 unspecified atom stereocenters. The van der Waals surface area contributed by atoms with Crippen molar-refractivity contribution in [2.45, 2.75) is 26.4 Å². The molecule has 0 bridgehead atoms. The van der Waals surface area contributed by atoms with Gasteiger partial charge in [0, 0.05) is 19.1 Å². The van der Waals surface area contributed by atoms with Crippen LogP contribution in [0.4, 0.5) is 4.39 Å². The molecule has 1 atom stereocenters. The lowest BCUT2D eigenvalue weighted by molar-refractivity contribution is 0.190. The van der Waals surface area contributed by atoms with Crippen molar-refractivity contribution >= 4 is 0 Å². The third-order valence-corrected chi connectivity index (χ3v) is 2.90. The first-order valence-electron chi connectivity index (χ1n) is 5.69. The van der Waals surface area contributed by atoms with Gasteiger partial charge in [-0.3, -0.25) is 4.90 Å². The van der Waals surface area contributed by atoms with Crippen molar-refractivity contribution in [1.82, 2.24) is 4.90 Å². The van der Waals surface area contributed by atoms with Gasteiger partial charge in [0.15, 0.2) is 0 Å². The van der Waals surface area contributed by atoms with Crippen LogP contribution in [-0.4, -0.2) is 24.5 Å². The van der Waals surface area contributed by atoms with Gasteiger partial charge in [0.25, 0.3) is 0 Å². The Morgan fingerprint density at radius 2 is 2.06 bits per heavy atom. The molecule has 3 heteroatoms. The fourth-order valence-corrected chi connectivity index (χ4v) is 2.00. The maximum absolute atomic E-state index is 13.0.